The van der Waals surface area contributed by atoms with E-state index in [1.165, 1.54) is 4.88 Å². The fraction of sp³-hybridized carbons (Fsp3) is 0.412. The first-order valence-electron chi connectivity index (χ1n) is 7.86. The number of carbonyl (C=O) groups excluding carboxylic acids is 1. The predicted octanol–water partition coefficient (Wildman–Crippen LogP) is 1.77. The van der Waals surface area contributed by atoms with Crippen LogP contribution in [0.3, 0.4) is 0 Å². The number of carbonyl (C=O) groups is 1. The zero-order valence-electron chi connectivity index (χ0n) is 13.2. The average Bonchev–Trinajstić information content (AvgIpc) is 2.97. The predicted molar refractivity (Wildman–Crippen MR) is 91.6 cm³/mol. The van der Waals surface area contributed by atoms with Gasteiger partial charge in [0.1, 0.15) is 6.10 Å². The Balaban J connectivity index is 1.54. The first-order valence-corrected chi connectivity index (χ1v) is 8.67. The van der Waals surface area contributed by atoms with Gasteiger partial charge in [0.25, 0.3) is 0 Å². The van der Waals surface area contributed by atoms with E-state index in [-0.39, 0.29) is 12.0 Å². The normalized spacial score (nSPS) is 17.9. The Hall–Kier alpha value is -1.76. The van der Waals surface area contributed by atoms with Gasteiger partial charge in [-0.1, -0.05) is 30.3 Å². The summed E-state index contributed by atoms with van der Waals surface area (Å²) in [7, 11) is 0. The highest BCUT2D eigenvalue weighted by molar-refractivity contribution is 7.12. The van der Waals surface area contributed by atoms with Gasteiger partial charge in [-0.2, -0.15) is 0 Å². The molecule has 3 rings (SSSR count). The number of thiazole rings is 1. The van der Waals surface area contributed by atoms with Crippen LogP contribution in [-0.4, -0.2) is 43.2 Å². The summed E-state index contributed by atoms with van der Waals surface area (Å²) in [5.41, 5.74) is 2.18. The Labute approximate surface area is 140 Å². The first kappa shape index (κ1) is 16.1. The average molecular weight is 331 g/mol. The van der Waals surface area contributed by atoms with Crippen molar-refractivity contribution in [2.75, 3.05) is 26.2 Å². The van der Waals surface area contributed by atoms with Crippen molar-refractivity contribution < 1.29 is 9.53 Å². The van der Waals surface area contributed by atoms with Crippen LogP contribution < -0.4 is 10.6 Å². The molecule has 0 spiro atoms. The maximum atomic E-state index is 12.0. The molecule has 1 fully saturated rings. The van der Waals surface area contributed by atoms with Crippen LogP contribution >= 0.6 is 11.3 Å². The van der Waals surface area contributed by atoms with Gasteiger partial charge in [0.05, 0.1) is 17.3 Å². The van der Waals surface area contributed by atoms with Gasteiger partial charge in [-0.3, -0.25) is 4.79 Å². The van der Waals surface area contributed by atoms with Crippen LogP contribution in [0.5, 0.6) is 0 Å². The summed E-state index contributed by atoms with van der Waals surface area (Å²) in [6, 6.07) is 10.2. The number of aromatic nitrogens is 1. The summed E-state index contributed by atoms with van der Waals surface area (Å²) in [5, 5.41) is 7.13. The summed E-state index contributed by atoms with van der Waals surface area (Å²) >= 11 is 1.69. The van der Waals surface area contributed by atoms with E-state index in [1.807, 2.05) is 18.2 Å². The van der Waals surface area contributed by atoms with Gasteiger partial charge in [-0.15, -0.1) is 11.3 Å². The molecular formula is C17H21N3O2S. The van der Waals surface area contributed by atoms with Crippen LogP contribution in [0.4, 0.5) is 0 Å². The van der Waals surface area contributed by atoms with Gasteiger partial charge < -0.3 is 15.4 Å². The van der Waals surface area contributed by atoms with Crippen LogP contribution in [0, 0.1) is 6.92 Å². The van der Waals surface area contributed by atoms with Crippen LogP contribution in [0.2, 0.25) is 0 Å². The van der Waals surface area contributed by atoms with Crippen molar-refractivity contribution in [1.82, 2.24) is 15.6 Å². The molecule has 2 heterocycles. The standard InChI is InChI=1S/C17H21N3O2S/c1-12-16(13-5-3-2-4-6-13)20-15(23-12)7-8-19-17(21)14-11-18-9-10-22-14/h2-6,14,18H,7-11H2,1H3,(H,19,21). The Kier molecular flexibility index (Phi) is 5.38. The molecule has 23 heavy (non-hydrogen) atoms. The fourth-order valence-electron chi connectivity index (χ4n) is 2.56. The number of morpholine rings is 1. The molecule has 2 N–H and O–H groups in total. The Bertz CT molecular complexity index is 651. The minimum absolute atomic E-state index is 0.0474. The molecule has 1 unspecified atom stereocenters. The van der Waals surface area contributed by atoms with E-state index < -0.39 is 0 Å². The second-order valence-corrected chi connectivity index (χ2v) is 6.77. The first-order chi connectivity index (χ1) is 11.2. The quantitative estimate of drug-likeness (QED) is 0.876. The fourth-order valence-corrected chi connectivity index (χ4v) is 3.52. The van der Waals surface area contributed by atoms with Gasteiger partial charge in [0.2, 0.25) is 5.91 Å². The molecule has 1 atom stereocenters. The third-order valence-electron chi connectivity index (χ3n) is 3.75. The summed E-state index contributed by atoms with van der Waals surface area (Å²) < 4.78 is 5.44. The van der Waals surface area contributed by atoms with Crippen LogP contribution in [0.1, 0.15) is 9.88 Å². The lowest BCUT2D eigenvalue weighted by atomic mass is 10.1. The SMILES string of the molecule is Cc1sc(CCNC(=O)C2CNCCO2)nc1-c1ccccc1. The smallest absolute Gasteiger partial charge is 0.250 e. The number of hydrogen-bond acceptors (Lipinski definition) is 5. The number of benzene rings is 1. The van der Waals surface area contributed by atoms with Crippen LogP contribution in [0.25, 0.3) is 11.3 Å². The van der Waals surface area contributed by atoms with Crippen molar-refractivity contribution in [3.05, 3.63) is 40.2 Å². The number of nitrogens with zero attached hydrogens (tertiary/aromatic N) is 1. The number of hydrogen-bond donors (Lipinski definition) is 2. The van der Waals surface area contributed by atoms with E-state index in [9.17, 15) is 4.79 Å². The van der Waals surface area contributed by atoms with Crippen molar-refractivity contribution in [3.8, 4) is 11.3 Å². The van der Waals surface area contributed by atoms with Crippen molar-refractivity contribution in [3.63, 3.8) is 0 Å². The van der Waals surface area contributed by atoms with Crippen LogP contribution in [-0.2, 0) is 16.0 Å². The minimum Gasteiger partial charge on any atom is -0.366 e. The number of nitrogens with one attached hydrogen (secondary N) is 2. The minimum atomic E-state index is -0.373. The highest BCUT2D eigenvalue weighted by atomic mass is 32.1. The third kappa shape index (κ3) is 4.16. The molecule has 1 aliphatic rings. The van der Waals surface area contributed by atoms with Gasteiger partial charge >= 0.3 is 0 Å². The summed E-state index contributed by atoms with van der Waals surface area (Å²) in [4.78, 5) is 17.9. The lowest BCUT2D eigenvalue weighted by Gasteiger charge is -2.22. The molecule has 0 aliphatic carbocycles. The molecule has 5 nitrogen and oxygen atoms in total. The molecule has 1 saturated heterocycles. The zero-order chi connectivity index (χ0) is 16.1. The molecule has 2 aromatic rings. The lowest BCUT2D eigenvalue weighted by Crippen LogP contribution is -2.48. The van der Waals surface area contributed by atoms with Crippen molar-refractivity contribution >= 4 is 17.2 Å². The van der Waals surface area contributed by atoms with Gasteiger partial charge in [-0.25, -0.2) is 4.98 Å². The molecular weight excluding hydrogens is 310 g/mol. The second-order valence-electron chi connectivity index (χ2n) is 5.48. The molecule has 1 aromatic carbocycles. The molecule has 0 saturated carbocycles. The summed E-state index contributed by atoms with van der Waals surface area (Å²) in [6.07, 6.45) is 0.367. The van der Waals surface area contributed by atoms with E-state index in [0.717, 1.165) is 29.2 Å². The maximum Gasteiger partial charge on any atom is 0.250 e. The monoisotopic (exact) mass is 331 g/mol. The summed E-state index contributed by atoms with van der Waals surface area (Å²) in [6.45, 7) is 4.65. The topological polar surface area (TPSA) is 63.2 Å². The molecule has 1 aliphatic heterocycles. The van der Waals surface area contributed by atoms with Gasteiger partial charge in [0.15, 0.2) is 0 Å². The number of aryl methyl sites for hydroxylation is 1. The van der Waals surface area contributed by atoms with E-state index in [1.54, 1.807) is 11.3 Å². The Morgan fingerprint density at radius 2 is 2.26 bits per heavy atom. The molecule has 6 heteroatoms. The molecule has 122 valence electrons. The van der Waals surface area contributed by atoms with Crippen molar-refractivity contribution in [2.45, 2.75) is 19.4 Å². The molecule has 1 amide bonds. The summed E-state index contributed by atoms with van der Waals surface area (Å²) in [5.74, 6) is -0.0474. The molecule has 0 bridgehead atoms. The van der Waals surface area contributed by atoms with Gasteiger partial charge in [-0.05, 0) is 6.92 Å². The van der Waals surface area contributed by atoms with E-state index in [2.05, 4.69) is 29.7 Å². The maximum absolute atomic E-state index is 12.0. The van der Waals surface area contributed by atoms with E-state index >= 15 is 0 Å². The van der Waals surface area contributed by atoms with E-state index in [4.69, 9.17) is 9.72 Å². The number of amides is 1. The molecule has 1 aromatic heterocycles. The number of ether oxygens (including phenoxy) is 1. The molecule has 0 radical (unpaired) electrons. The van der Waals surface area contributed by atoms with Crippen molar-refractivity contribution in [1.29, 1.82) is 0 Å². The third-order valence-corrected chi connectivity index (χ3v) is 4.78. The number of rotatable bonds is 5. The Morgan fingerprint density at radius 3 is 3.00 bits per heavy atom. The lowest BCUT2D eigenvalue weighted by molar-refractivity contribution is -0.134. The highest BCUT2D eigenvalue weighted by Crippen LogP contribution is 2.27. The zero-order valence-corrected chi connectivity index (χ0v) is 14.0. The second kappa shape index (κ2) is 7.68. The Morgan fingerprint density at radius 1 is 1.43 bits per heavy atom. The van der Waals surface area contributed by atoms with Gasteiger partial charge in [0, 0.05) is 36.5 Å². The highest BCUT2D eigenvalue weighted by Gasteiger charge is 2.21. The van der Waals surface area contributed by atoms with Crippen molar-refractivity contribution in [2.24, 2.45) is 0 Å². The van der Waals surface area contributed by atoms with Crippen LogP contribution in [0.15, 0.2) is 30.3 Å². The van der Waals surface area contributed by atoms with E-state index in [0.29, 0.717) is 19.7 Å². The largest absolute Gasteiger partial charge is 0.366 e.